The molecule has 1 aromatic heterocycles. The second-order valence-corrected chi connectivity index (χ2v) is 1.63. The smallest absolute Gasteiger partial charge is 0.346 e. The number of H-pyrrole nitrogens is 1. The van der Waals surface area contributed by atoms with Crippen LogP contribution in [0, 0.1) is 6.92 Å². The Kier molecular flexibility index (Phi) is 1.22. The summed E-state index contributed by atoms with van der Waals surface area (Å²) >= 11 is 0. The number of anilines is 1. The largest absolute Gasteiger partial charge is 0.385 e. The number of aromatic amines is 1. The standard InChI is InChI=1S/C5H6N3O/c1-3-2-7-5(9)8-4(3)6/h2H,1H2,(H3,6,7,8,9). The molecular weight excluding hydrogens is 118 g/mol. The van der Waals surface area contributed by atoms with Crippen LogP contribution in [-0.2, 0) is 0 Å². The van der Waals surface area contributed by atoms with E-state index in [0.29, 0.717) is 5.56 Å². The summed E-state index contributed by atoms with van der Waals surface area (Å²) in [6.45, 7) is 3.50. The van der Waals surface area contributed by atoms with Crippen LogP contribution in [-0.4, -0.2) is 9.97 Å². The van der Waals surface area contributed by atoms with Crippen LogP contribution in [0.3, 0.4) is 0 Å². The predicted molar refractivity (Wildman–Crippen MR) is 33.7 cm³/mol. The van der Waals surface area contributed by atoms with Gasteiger partial charge in [-0.15, -0.1) is 0 Å². The molecule has 0 aliphatic rings. The summed E-state index contributed by atoms with van der Waals surface area (Å²) in [6, 6.07) is 0. The van der Waals surface area contributed by atoms with Crippen molar-refractivity contribution in [3.63, 3.8) is 0 Å². The fraction of sp³-hybridized carbons (Fsp3) is 0. The lowest BCUT2D eigenvalue weighted by molar-refractivity contribution is 1.07. The summed E-state index contributed by atoms with van der Waals surface area (Å²) in [6.07, 6.45) is 1.33. The maximum atomic E-state index is 10.4. The molecule has 0 fully saturated rings. The van der Waals surface area contributed by atoms with Crippen molar-refractivity contribution in [2.75, 3.05) is 5.73 Å². The first-order valence-corrected chi connectivity index (χ1v) is 2.37. The highest BCUT2D eigenvalue weighted by molar-refractivity contribution is 5.38. The van der Waals surface area contributed by atoms with Crippen LogP contribution in [0.25, 0.3) is 0 Å². The van der Waals surface area contributed by atoms with Gasteiger partial charge in [-0.2, -0.15) is 0 Å². The molecular formula is C5H6N3O. The van der Waals surface area contributed by atoms with E-state index in [9.17, 15) is 4.79 Å². The SMILES string of the molecule is [CH2]c1cnc(=O)[nH]c1N. The van der Waals surface area contributed by atoms with E-state index in [1.54, 1.807) is 0 Å². The van der Waals surface area contributed by atoms with E-state index in [-0.39, 0.29) is 5.82 Å². The molecule has 0 aliphatic carbocycles. The van der Waals surface area contributed by atoms with Crippen LogP contribution in [0.1, 0.15) is 5.56 Å². The lowest BCUT2D eigenvalue weighted by atomic mass is 10.4. The average Bonchev–Trinajstić information content (AvgIpc) is 1.80. The molecule has 1 heterocycles. The van der Waals surface area contributed by atoms with E-state index in [2.05, 4.69) is 16.9 Å². The van der Waals surface area contributed by atoms with E-state index in [1.165, 1.54) is 6.20 Å². The summed E-state index contributed by atoms with van der Waals surface area (Å²) in [5, 5.41) is 0. The van der Waals surface area contributed by atoms with Crippen molar-refractivity contribution in [3.05, 3.63) is 29.2 Å². The topological polar surface area (TPSA) is 71.8 Å². The number of nitrogens with zero attached hydrogens (tertiary/aromatic N) is 1. The third kappa shape index (κ3) is 1.07. The summed E-state index contributed by atoms with van der Waals surface area (Å²) in [5.41, 5.74) is 5.35. The molecule has 0 aromatic carbocycles. The van der Waals surface area contributed by atoms with Crippen molar-refractivity contribution < 1.29 is 0 Å². The number of rotatable bonds is 0. The first kappa shape index (κ1) is 5.81. The maximum absolute atomic E-state index is 10.4. The average molecular weight is 124 g/mol. The molecule has 4 nitrogen and oxygen atoms in total. The van der Waals surface area contributed by atoms with E-state index in [1.807, 2.05) is 0 Å². The first-order chi connectivity index (χ1) is 4.20. The number of hydrogen-bond acceptors (Lipinski definition) is 3. The Bertz CT molecular complexity index is 265. The lowest BCUT2D eigenvalue weighted by Crippen LogP contribution is -2.12. The molecule has 9 heavy (non-hydrogen) atoms. The van der Waals surface area contributed by atoms with Gasteiger partial charge in [0.1, 0.15) is 5.82 Å². The zero-order valence-corrected chi connectivity index (χ0v) is 4.72. The van der Waals surface area contributed by atoms with Gasteiger partial charge in [-0.1, -0.05) is 0 Å². The van der Waals surface area contributed by atoms with Crippen LogP contribution < -0.4 is 11.4 Å². The number of nitrogens with one attached hydrogen (secondary N) is 1. The number of aromatic nitrogens is 2. The van der Waals surface area contributed by atoms with Gasteiger partial charge in [0.25, 0.3) is 0 Å². The van der Waals surface area contributed by atoms with Gasteiger partial charge in [-0.25, -0.2) is 9.78 Å². The summed E-state index contributed by atoms with van der Waals surface area (Å²) in [7, 11) is 0. The summed E-state index contributed by atoms with van der Waals surface area (Å²) in [4.78, 5) is 16.0. The highest BCUT2D eigenvalue weighted by atomic mass is 16.1. The molecule has 4 heteroatoms. The van der Waals surface area contributed by atoms with Gasteiger partial charge in [-0.3, -0.25) is 4.98 Å². The van der Waals surface area contributed by atoms with Crippen molar-refractivity contribution in [2.45, 2.75) is 0 Å². The Hall–Kier alpha value is -1.32. The van der Waals surface area contributed by atoms with Gasteiger partial charge in [-0.05, 0) is 6.92 Å². The third-order valence-corrected chi connectivity index (χ3v) is 0.925. The monoisotopic (exact) mass is 124 g/mol. The highest BCUT2D eigenvalue weighted by Gasteiger charge is 1.90. The minimum absolute atomic E-state index is 0.273. The molecule has 0 amide bonds. The molecule has 0 unspecified atom stereocenters. The van der Waals surface area contributed by atoms with Crippen LogP contribution in [0.5, 0.6) is 0 Å². The minimum Gasteiger partial charge on any atom is -0.385 e. The zero-order valence-electron chi connectivity index (χ0n) is 4.72. The molecule has 47 valence electrons. The predicted octanol–water partition coefficient (Wildman–Crippen LogP) is -0.466. The Labute approximate surface area is 51.7 Å². The van der Waals surface area contributed by atoms with Crippen molar-refractivity contribution in [1.29, 1.82) is 0 Å². The van der Waals surface area contributed by atoms with Crippen molar-refractivity contribution >= 4 is 5.82 Å². The van der Waals surface area contributed by atoms with Gasteiger partial charge in [0.05, 0.1) is 0 Å². The Morgan fingerprint density at radius 2 is 2.44 bits per heavy atom. The van der Waals surface area contributed by atoms with Crippen molar-refractivity contribution in [2.24, 2.45) is 0 Å². The molecule has 0 atom stereocenters. The Morgan fingerprint density at radius 3 is 2.89 bits per heavy atom. The van der Waals surface area contributed by atoms with Crippen LogP contribution >= 0.6 is 0 Å². The minimum atomic E-state index is -0.445. The normalized spacial score (nSPS) is 9.44. The highest BCUT2D eigenvalue weighted by Crippen LogP contribution is 1.97. The van der Waals surface area contributed by atoms with E-state index in [0.717, 1.165) is 0 Å². The van der Waals surface area contributed by atoms with Crippen molar-refractivity contribution in [1.82, 2.24) is 9.97 Å². The van der Waals surface area contributed by atoms with Gasteiger partial charge in [0.2, 0.25) is 0 Å². The fourth-order valence-corrected chi connectivity index (χ4v) is 0.434. The van der Waals surface area contributed by atoms with Crippen molar-refractivity contribution in [3.8, 4) is 0 Å². The summed E-state index contributed by atoms with van der Waals surface area (Å²) in [5.74, 6) is 0.273. The number of nitrogens with two attached hydrogens (primary N) is 1. The van der Waals surface area contributed by atoms with Crippen LogP contribution in [0.2, 0.25) is 0 Å². The zero-order chi connectivity index (χ0) is 6.85. The van der Waals surface area contributed by atoms with Crippen LogP contribution in [0.4, 0.5) is 5.82 Å². The fourth-order valence-electron chi connectivity index (χ4n) is 0.434. The molecule has 1 aromatic rings. The second kappa shape index (κ2) is 1.89. The van der Waals surface area contributed by atoms with E-state index < -0.39 is 5.69 Å². The Morgan fingerprint density at radius 1 is 1.78 bits per heavy atom. The first-order valence-electron chi connectivity index (χ1n) is 2.37. The van der Waals surface area contributed by atoms with Crippen LogP contribution in [0.15, 0.2) is 11.0 Å². The molecule has 1 radical (unpaired) electrons. The summed E-state index contributed by atoms with van der Waals surface area (Å²) < 4.78 is 0. The molecule has 0 saturated carbocycles. The van der Waals surface area contributed by atoms with Gasteiger partial charge in [0, 0.05) is 11.8 Å². The molecule has 0 spiro atoms. The molecule has 1 rings (SSSR count). The third-order valence-electron chi connectivity index (χ3n) is 0.925. The van der Waals surface area contributed by atoms with E-state index >= 15 is 0 Å². The van der Waals surface area contributed by atoms with Gasteiger partial charge in [0.15, 0.2) is 0 Å². The molecule has 0 aliphatic heterocycles. The van der Waals surface area contributed by atoms with E-state index in [4.69, 9.17) is 5.73 Å². The second-order valence-electron chi connectivity index (χ2n) is 1.63. The number of nitrogen functional groups attached to an aromatic ring is 1. The lowest BCUT2D eigenvalue weighted by Gasteiger charge is -1.93. The van der Waals surface area contributed by atoms with Gasteiger partial charge < -0.3 is 5.73 Å². The maximum Gasteiger partial charge on any atom is 0.346 e. The number of hydrogen-bond donors (Lipinski definition) is 2. The molecule has 0 bridgehead atoms. The Balaban J connectivity index is 3.34. The molecule has 0 saturated heterocycles. The quantitative estimate of drug-likeness (QED) is 0.491. The molecule has 3 N–H and O–H groups in total. The van der Waals surface area contributed by atoms with Gasteiger partial charge >= 0.3 is 5.69 Å².